The van der Waals surface area contributed by atoms with Crippen LogP contribution >= 0.6 is 0 Å². The molecule has 7 heteroatoms. The molecule has 114 valence electrons. The summed E-state index contributed by atoms with van der Waals surface area (Å²) in [6.45, 7) is 0. The van der Waals surface area contributed by atoms with Gasteiger partial charge in [0.2, 0.25) is 5.82 Å². The second-order valence-electron chi connectivity index (χ2n) is 5.31. The zero-order valence-corrected chi connectivity index (χ0v) is 12.1. The lowest BCUT2D eigenvalue weighted by atomic mass is 9.93. The summed E-state index contributed by atoms with van der Waals surface area (Å²) in [4.78, 5) is 17.1. The van der Waals surface area contributed by atoms with Crippen molar-refractivity contribution >= 4 is 11.4 Å². The van der Waals surface area contributed by atoms with Crippen LogP contribution in [0.4, 0.5) is 10.1 Å². The summed E-state index contributed by atoms with van der Waals surface area (Å²) in [6, 6.07) is 3.96. The second-order valence-corrected chi connectivity index (χ2v) is 5.31. The minimum Gasteiger partial charge on any atom is -0.357 e. The van der Waals surface area contributed by atoms with Crippen LogP contribution in [0.1, 0.15) is 25.7 Å². The van der Waals surface area contributed by atoms with E-state index in [-0.39, 0.29) is 5.75 Å². The number of hydrogen-bond acceptors (Lipinski definition) is 5. The number of nitro groups is 1. The molecule has 0 atom stereocenters. The Hall–Kier alpha value is -2.02. The molecule has 1 saturated carbocycles. The van der Waals surface area contributed by atoms with Gasteiger partial charge < -0.3 is 9.74 Å². The van der Waals surface area contributed by atoms with Crippen LogP contribution in [0.15, 0.2) is 23.4 Å². The van der Waals surface area contributed by atoms with Crippen LogP contribution in [0.25, 0.3) is 0 Å². The maximum absolute atomic E-state index is 13.4. The molecule has 0 unspecified atom stereocenters. The van der Waals surface area contributed by atoms with Crippen molar-refractivity contribution in [2.45, 2.75) is 31.7 Å². The molecule has 0 saturated heterocycles. The topological polar surface area (TPSA) is 68.0 Å². The standard InChI is InChI=1S/C14H18FN3O3/c1-17(2)11-5-3-10(4-6-11)16-21-12-7-8-14(18(19)20)13(15)9-12/h7-9,11H,3-6H2,1-2H3. The average Bonchev–Trinajstić information content (AvgIpc) is 2.45. The smallest absolute Gasteiger partial charge is 0.305 e. The van der Waals surface area contributed by atoms with Crippen molar-refractivity contribution in [3.05, 3.63) is 34.1 Å². The first-order chi connectivity index (χ1) is 9.97. The van der Waals surface area contributed by atoms with E-state index in [0.717, 1.165) is 43.5 Å². The van der Waals surface area contributed by atoms with Crippen molar-refractivity contribution in [3.8, 4) is 5.75 Å². The lowest BCUT2D eigenvalue weighted by molar-refractivity contribution is -0.387. The largest absolute Gasteiger partial charge is 0.357 e. The molecule has 1 aliphatic carbocycles. The van der Waals surface area contributed by atoms with Gasteiger partial charge in [0, 0.05) is 18.2 Å². The molecule has 1 aliphatic rings. The first-order valence-corrected chi connectivity index (χ1v) is 6.80. The molecule has 0 heterocycles. The average molecular weight is 295 g/mol. The van der Waals surface area contributed by atoms with Crippen molar-refractivity contribution in [2.75, 3.05) is 14.1 Å². The number of nitrogens with zero attached hydrogens (tertiary/aromatic N) is 3. The normalized spacial score (nSPS) is 18.7. The SMILES string of the molecule is CN(C)C1CCC(=NOc2ccc([N+](=O)[O-])c(F)c2)CC1. The highest BCUT2D eigenvalue weighted by Gasteiger charge is 2.20. The summed E-state index contributed by atoms with van der Waals surface area (Å²) in [6.07, 6.45) is 3.73. The van der Waals surface area contributed by atoms with Gasteiger partial charge in [-0.2, -0.15) is 4.39 Å². The Bertz CT molecular complexity index is 550. The molecule has 1 fully saturated rings. The fourth-order valence-corrected chi connectivity index (χ4v) is 2.35. The molecular formula is C14H18FN3O3. The van der Waals surface area contributed by atoms with Crippen LogP contribution < -0.4 is 4.84 Å². The molecule has 2 rings (SSSR count). The van der Waals surface area contributed by atoms with Gasteiger partial charge in [-0.25, -0.2) is 0 Å². The summed E-state index contributed by atoms with van der Waals surface area (Å²) in [5.41, 5.74) is 0.369. The third-order valence-electron chi connectivity index (χ3n) is 3.66. The van der Waals surface area contributed by atoms with E-state index < -0.39 is 16.4 Å². The Morgan fingerprint density at radius 2 is 2.05 bits per heavy atom. The number of halogens is 1. The zero-order valence-electron chi connectivity index (χ0n) is 12.1. The van der Waals surface area contributed by atoms with Gasteiger partial charge in [-0.05, 0) is 45.8 Å². The lowest BCUT2D eigenvalue weighted by Gasteiger charge is -2.28. The molecular weight excluding hydrogens is 277 g/mol. The molecule has 1 aromatic carbocycles. The van der Waals surface area contributed by atoms with E-state index in [1.54, 1.807) is 0 Å². The van der Waals surface area contributed by atoms with Gasteiger partial charge in [-0.3, -0.25) is 10.1 Å². The molecule has 0 amide bonds. The minimum absolute atomic E-state index is 0.167. The molecule has 0 bridgehead atoms. The van der Waals surface area contributed by atoms with Crippen LogP contribution in [-0.2, 0) is 0 Å². The van der Waals surface area contributed by atoms with Gasteiger partial charge in [0.15, 0.2) is 5.75 Å². The Morgan fingerprint density at radius 1 is 1.38 bits per heavy atom. The van der Waals surface area contributed by atoms with E-state index >= 15 is 0 Å². The van der Waals surface area contributed by atoms with Crippen LogP contribution in [0, 0.1) is 15.9 Å². The first-order valence-electron chi connectivity index (χ1n) is 6.80. The Kier molecular flexibility index (Phi) is 4.85. The minimum atomic E-state index is -0.922. The number of oxime groups is 1. The number of rotatable bonds is 4. The van der Waals surface area contributed by atoms with Gasteiger partial charge in [0.25, 0.3) is 0 Å². The maximum Gasteiger partial charge on any atom is 0.305 e. The molecule has 6 nitrogen and oxygen atoms in total. The Labute approximate surface area is 122 Å². The van der Waals surface area contributed by atoms with Crippen molar-refractivity contribution in [1.82, 2.24) is 4.90 Å². The first kappa shape index (κ1) is 15.4. The van der Waals surface area contributed by atoms with Gasteiger partial charge in [0.05, 0.1) is 10.6 Å². The van der Waals surface area contributed by atoms with Gasteiger partial charge >= 0.3 is 5.69 Å². The molecule has 0 radical (unpaired) electrons. The zero-order chi connectivity index (χ0) is 15.4. The molecule has 0 spiro atoms. The summed E-state index contributed by atoms with van der Waals surface area (Å²) in [5.74, 6) is -0.755. The van der Waals surface area contributed by atoms with Crippen molar-refractivity contribution in [2.24, 2.45) is 5.16 Å². The molecule has 0 N–H and O–H groups in total. The Morgan fingerprint density at radius 3 is 2.57 bits per heavy atom. The number of nitro benzene ring substituents is 1. The third-order valence-corrected chi connectivity index (χ3v) is 3.66. The van der Waals surface area contributed by atoms with E-state index in [1.807, 2.05) is 0 Å². The number of hydrogen-bond donors (Lipinski definition) is 0. The maximum atomic E-state index is 13.4. The summed E-state index contributed by atoms with van der Waals surface area (Å²) in [7, 11) is 4.12. The highest BCUT2D eigenvalue weighted by atomic mass is 19.1. The fourth-order valence-electron chi connectivity index (χ4n) is 2.35. The van der Waals surface area contributed by atoms with Crippen LogP contribution in [-0.4, -0.2) is 35.7 Å². The lowest BCUT2D eigenvalue weighted by Crippen LogP contribution is -2.32. The number of benzene rings is 1. The van der Waals surface area contributed by atoms with Crippen molar-refractivity contribution in [1.29, 1.82) is 0 Å². The predicted molar refractivity (Wildman–Crippen MR) is 77.1 cm³/mol. The van der Waals surface area contributed by atoms with Crippen LogP contribution in [0.5, 0.6) is 5.75 Å². The van der Waals surface area contributed by atoms with E-state index in [2.05, 4.69) is 24.2 Å². The molecule has 0 aromatic heterocycles. The van der Waals surface area contributed by atoms with Gasteiger partial charge in [-0.1, -0.05) is 5.16 Å². The van der Waals surface area contributed by atoms with Crippen molar-refractivity contribution in [3.63, 3.8) is 0 Å². The predicted octanol–water partition coefficient (Wildman–Crippen LogP) is 2.97. The second kappa shape index (κ2) is 6.62. The third kappa shape index (κ3) is 3.98. The van der Waals surface area contributed by atoms with Crippen LogP contribution in [0.2, 0.25) is 0 Å². The highest BCUT2D eigenvalue weighted by Crippen LogP contribution is 2.24. The fraction of sp³-hybridized carbons (Fsp3) is 0.500. The highest BCUT2D eigenvalue weighted by molar-refractivity contribution is 5.84. The van der Waals surface area contributed by atoms with E-state index in [9.17, 15) is 14.5 Å². The Balaban J connectivity index is 1.96. The summed E-state index contributed by atoms with van der Waals surface area (Å²) >= 11 is 0. The van der Waals surface area contributed by atoms with Crippen LogP contribution in [0.3, 0.4) is 0 Å². The monoisotopic (exact) mass is 295 g/mol. The summed E-state index contributed by atoms with van der Waals surface area (Å²) in [5, 5.41) is 14.5. The molecule has 1 aromatic rings. The molecule has 21 heavy (non-hydrogen) atoms. The quantitative estimate of drug-likeness (QED) is 0.632. The van der Waals surface area contributed by atoms with E-state index in [4.69, 9.17) is 4.84 Å². The van der Waals surface area contributed by atoms with Gasteiger partial charge in [-0.15, -0.1) is 0 Å². The summed E-state index contributed by atoms with van der Waals surface area (Å²) < 4.78 is 13.4. The molecule has 0 aliphatic heterocycles. The van der Waals surface area contributed by atoms with E-state index in [1.165, 1.54) is 6.07 Å². The van der Waals surface area contributed by atoms with Crippen molar-refractivity contribution < 1.29 is 14.2 Å². The van der Waals surface area contributed by atoms with E-state index in [0.29, 0.717) is 6.04 Å². The van der Waals surface area contributed by atoms with Gasteiger partial charge in [0.1, 0.15) is 0 Å².